The molecule has 1 unspecified atom stereocenters. The summed E-state index contributed by atoms with van der Waals surface area (Å²) >= 11 is 0. The average molecular weight is 381 g/mol. The number of para-hydroxylation sites is 1. The van der Waals surface area contributed by atoms with Gasteiger partial charge in [-0.1, -0.05) is 12.1 Å². The molecule has 1 aliphatic heterocycles. The van der Waals surface area contributed by atoms with Crippen LogP contribution in [0.4, 0.5) is 4.39 Å². The molecule has 1 aromatic carbocycles. The summed E-state index contributed by atoms with van der Waals surface area (Å²) in [6.45, 7) is 3.07. The molecular weight excluding hydrogens is 361 g/mol. The van der Waals surface area contributed by atoms with Crippen molar-refractivity contribution in [1.29, 1.82) is 0 Å². The van der Waals surface area contributed by atoms with Crippen molar-refractivity contribution in [1.82, 2.24) is 25.1 Å². The molecule has 1 saturated heterocycles. The molecule has 4 rings (SSSR count). The van der Waals surface area contributed by atoms with Crippen LogP contribution in [0.1, 0.15) is 40.5 Å². The van der Waals surface area contributed by atoms with Crippen molar-refractivity contribution < 1.29 is 13.9 Å². The molecule has 8 heteroatoms. The van der Waals surface area contributed by atoms with Crippen molar-refractivity contribution >= 4 is 5.91 Å². The van der Waals surface area contributed by atoms with Crippen LogP contribution in [0.15, 0.2) is 42.9 Å². The summed E-state index contributed by atoms with van der Waals surface area (Å²) in [6, 6.07) is 6.16. The highest BCUT2D eigenvalue weighted by Gasteiger charge is 2.28. The predicted octanol–water partition coefficient (Wildman–Crippen LogP) is 3.46. The lowest BCUT2D eigenvalue weighted by molar-refractivity contribution is 0.0705. The third kappa shape index (κ3) is 3.71. The van der Waals surface area contributed by atoms with Crippen molar-refractivity contribution in [3.05, 3.63) is 65.6 Å². The third-order valence-corrected chi connectivity index (χ3v) is 4.87. The van der Waals surface area contributed by atoms with Gasteiger partial charge in [-0.2, -0.15) is 5.10 Å². The Morgan fingerprint density at radius 1 is 1.29 bits per heavy atom. The van der Waals surface area contributed by atoms with Gasteiger partial charge in [0.05, 0.1) is 23.7 Å². The van der Waals surface area contributed by atoms with Crippen LogP contribution in [0.5, 0.6) is 11.6 Å². The third-order valence-electron chi connectivity index (χ3n) is 4.87. The lowest BCUT2D eigenvalue weighted by Gasteiger charge is -2.32. The highest BCUT2D eigenvalue weighted by atomic mass is 19.1. The van der Waals surface area contributed by atoms with E-state index in [-0.39, 0.29) is 23.5 Å². The first-order valence-corrected chi connectivity index (χ1v) is 9.15. The van der Waals surface area contributed by atoms with Gasteiger partial charge >= 0.3 is 0 Å². The maximum absolute atomic E-state index is 13.8. The molecule has 0 radical (unpaired) electrons. The molecule has 1 atom stereocenters. The normalized spacial score (nSPS) is 16.8. The number of H-pyrrole nitrogens is 1. The number of hydrogen-bond donors (Lipinski definition) is 1. The molecule has 0 spiro atoms. The maximum Gasteiger partial charge on any atom is 0.257 e. The van der Waals surface area contributed by atoms with E-state index in [1.54, 1.807) is 24.5 Å². The summed E-state index contributed by atoms with van der Waals surface area (Å²) in [6.07, 6.45) is 6.45. The zero-order valence-corrected chi connectivity index (χ0v) is 15.4. The van der Waals surface area contributed by atoms with Gasteiger partial charge in [-0.15, -0.1) is 0 Å². The van der Waals surface area contributed by atoms with E-state index in [9.17, 15) is 9.18 Å². The first kappa shape index (κ1) is 18.1. The van der Waals surface area contributed by atoms with Crippen LogP contribution in [0, 0.1) is 12.7 Å². The second kappa shape index (κ2) is 7.75. The minimum atomic E-state index is -0.459. The number of amides is 1. The Bertz CT molecular complexity index is 990. The van der Waals surface area contributed by atoms with E-state index in [4.69, 9.17) is 4.74 Å². The number of carbonyl (C=O) groups is 1. The first-order valence-electron chi connectivity index (χ1n) is 9.15. The van der Waals surface area contributed by atoms with Gasteiger partial charge in [0.1, 0.15) is 0 Å². The van der Waals surface area contributed by atoms with Crippen molar-refractivity contribution in [3.63, 3.8) is 0 Å². The maximum atomic E-state index is 13.8. The van der Waals surface area contributed by atoms with Gasteiger partial charge in [-0.3, -0.25) is 14.9 Å². The Morgan fingerprint density at radius 2 is 2.14 bits per heavy atom. The van der Waals surface area contributed by atoms with Crippen molar-refractivity contribution in [2.45, 2.75) is 25.7 Å². The van der Waals surface area contributed by atoms with E-state index in [0.717, 1.165) is 24.2 Å². The molecule has 0 bridgehead atoms. The van der Waals surface area contributed by atoms with Gasteiger partial charge in [0.15, 0.2) is 11.6 Å². The fraction of sp³-hybridized carbons (Fsp3) is 0.300. The van der Waals surface area contributed by atoms with Crippen LogP contribution < -0.4 is 4.74 Å². The zero-order valence-electron chi connectivity index (χ0n) is 15.4. The van der Waals surface area contributed by atoms with Gasteiger partial charge in [0.2, 0.25) is 5.88 Å². The number of aromatic amines is 1. The second-order valence-corrected chi connectivity index (χ2v) is 6.81. The van der Waals surface area contributed by atoms with E-state index in [1.165, 1.54) is 18.3 Å². The van der Waals surface area contributed by atoms with E-state index < -0.39 is 5.82 Å². The Morgan fingerprint density at radius 3 is 2.93 bits per heavy atom. The van der Waals surface area contributed by atoms with E-state index in [2.05, 4.69) is 20.2 Å². The number of hydrogen-bond acceptors (Lipinski definition) is 5. The minimum absolute atomic E-state index is 0.0392. The lowest BCUT2D eigenvalue weighted by Crippen LogP contribution is -2.39. The number of halogens is 1. The quantitative estimate of drug-likeness (QED) is 0.748. The van der Waals surface area contributed by atoms with Gasteiger partial charge in [-0.05, 0) is 31.9 Å². The second-order valence-electron chi connectivity index (χ2n) is 6.81. The number of carbonyl (C=O) groups excluding carboxylic acids is 1. The van der Waals surface area contributed by atoms with Crippen molar-refractivity contribution in [3.8, 4) is 11.6 Å². The summed E-state index contributed by atoms with van der Waals surface area (Å²) in [7, 11) is 0. The molecule has 0 aliphatic carbocycles. The first-order chi connectivity index (χ1) is 13.6. The Hall–Kier alpha value is -3.29. The number of likely N-dealkylation sites (tertiary alicyclic amines) is 1. The number of aromatic nitrogens is 4. The number of nitrogens with one attached hydrogen (secondary N) is 1. The monoisotopic (exact) mass is 381 g/mol. The van der Waals surface area contributed by atoms with Crippen LogP contribution in [0.25, 0.3) is 0 Å². The van der Waals surface area contributed by atoms with E-state index >= 15 is 0 Å². The van der Waals surface area contributed by atoms with Crippen LogP contribution >= 0.6 is 0 Å². The number of nitrogens with zero attached hydrogens (tertiary/aromatic N) is 4. The molecule has 144 valence electrons. The summed E-state index contributed by atoms with van der Waals surface area (Å²) in [5.74, 6) is -0.120. The van der Waals surface area contributed by atoms with E-state index in [1.807, 2.05) is 11.8 Å². The largest absolute Gasteiger partial charge is 0.434 e. The molecule has 1 amide bonds. The number of rotatable bonds is 4. The van der Waals surface area contributed by atoms with Gasteiger partial charge < -0.3 is 9.64 Å². The van der Waals surface area contributed by atoms with Crippen molar-refractivity contribution in [2.75, 3.05) is 13.1 Å². The molecule has 1 aliphatic rings. The molecule has 3 heterocycles. The number of benzene rings is 1. The Labute approximate surface area is 161 Å². The molecule has 2 aromatic heterocycles. The zero-order chi connectivity index (χ0) is 19.5. The smallest absolute Gasteiger partial charge is 0.257 e. The molecule has 1 fully saturated rings. The molecule has 7 nitrogen and oxygen atoms in total. The molecular formula is C20H20FN5O2. The van der Waals surface area contributed by atoms with Crippen LogP contribution in [-0.4, -0.2) is 44.1 Å². The molecule has 0 saturated carbocycles. The lowest BCUT2D eigenvalue weighted by atomic mass is 9.94. The fourth-order valence-electron chi connectivity index (χ4n) is 3.39. The molecule has 28 heavy (non-hydrogen) atoms. The van der Waals surface area contributed by atoms with Gasteiger partial charge in [0.25, 0.3) is 5.91 Å². The summed E-state index contributed by atoms with van der Waals surface area (Å²) < 4.78 is 19.4. The average Bonchev–Trinajstić information content (AvgIpc) is 3.15. The summed E-state index contributed by atoms with van der Waals surface area (Å²) in [5.41, 5.74) is 2.07. The Balaban J connectivity index is 1.50. The highest BCUT2D eigenvalue weighted by molar-refractivity contribution is 5.95. The van der Waals surface area contributed by atoms with Gasteiger partial charge in [0, 0.05) is 30.9 Å². The van der Waals surface area contributed by atoms with Crippen LogP contribution in [-0.2, 0) is 0 Å². The predicted molar refractivity (Wildman–Crippen MR) is 99.7 cm³/mol. The van der Waals surface area contributed by atoms with Gasteiger partial charge in [-0.25, -0.2) is 9.37 Å². The standard InChI is InChI=1S/C20H20FN5O2/c1-13-15(9-23-25-13)20(27)26-8-4-5-14(12-26)17-10-22-11-19(24-17)28-18-7-3-2-6-16(18)21/h2-3,6-7,9-11,14H,4-5,8,12H2,1H3,(H,23,25). The Kier molecular flexibility index (Phi) is 5.01. The highest BCUT2D eigenvalue weighted by Crippen LogP contribution is 2.29. The van der Waals surface area contributed by atoms with Crippen LogP contribution in [0.3, 0.4) is 0 Å². The van der Waals surface area contributed by atoms with Crippen LogP contribution in [0.2, 0.25) is 0 Å². The molecule has 1 N–H and O–H groups in total. The SMILES string of the molecule is Cc1[nH]ncc1C(=O)N1CCCC(c2cncc(Oc3ccccc3F)n2)C1. The topological polar surface area (TPSA) is 84.0 Å². The number of piperidine rings is 1. The molecule has 3 aromatic rings. The minimum Gasteiger partial charge on any atom is -0.434 e. The van der Waals surface area contributed by atoms with E-state index in [0.29, 0.717) is 18.7 Å². The van der Waals surface area contributed by atoms with Crippen molar-refractivity contribution in [2.24, 2.45) is 0 Å². The fourth-order valence-corrected chi connectivity index (χ4v) is 3.39. The number of ether oxygens (including phenoxy) is 1. The number of aryl methyl sites for hydroxylation is 1. The summed E-state index contributed by atoms with van der Waals surface area (Å²) in [5, 5.41) is 6.73. The summed E-state index contributed by atoms with van der Waals surface area (Å²) in [4.78, 5) is 23.3.